The smallest absolute Gasteiger partial charge is 0.145 e. The molecule has 2 aromatic rings. The number of aromatic nitrogens is 1. The number of likely N-dealkylation sites (N-methyl/N-ethyl adjacent to an activating group) is 1. The van der Waals surface area contributed by atoms with Crippen LogP contribution < -0.4 is 11.3 Å². The van der Waals surface area contributed by atoms with Crippen molar-refractivity contribution in [2.75, 3.05) is 32.6 Å². The van der Waals surface area contributed by atoms with Gasteiger partial charge in [-0.3, -0.25) is 4.90 Å². The monoisotopic (exact) mass is 285 g/mol. The molecule has 0 amide bonds. The van der Waals surface area contributed by atoms with Crippen LogP contribution in [0.2, 0.25) is 0 Å². The molecule has 1 saturated heterocycles. The molecule has 1 aliphatic heterocycles. The first-order chi connectivity index (χ1) is 10.2. The summed E-state index contributed by atoms with van der Waals surface area (Å²) in [6.45, 7) is 3.12. The molecular weight excluding hydrogens is 262 g/mol. The van der Waals surface area contributed by atoms with Crippen molar-refractivity contribution in [3.05, 3.63) is 35.9 Å². The zero-order valence-electron chi connectivity index (χ0n) is 12.7. The minimum absolute atomic E-state index is 0.646. The van der Waals surface area contributed by atoms with Gasteiger partial charge < -0.3 is 10.3 Å². The summed E-state index contributed by atoms with van der Waals surface area (Å²) >= 11 is 0. The van der Waals surface area contributed by atoms with Gasteiger partial charge in [-0.05, 0) is 32.6 Å². The maximum Gasteiger partial charge on any atom is 0.145 e. The molecule has 1 unspecified atom stereocenters. The van der Waals surface area contributed by atoms with Gasteiger partial charge in [0.25, 0.3) is 0 Å². The minimum Gasteiger partial charge on any atom is -0.308 e. The lowest BCUT2D eigenvalue weighted by Gasteiger charge is -2.21. The number of nitrogens with two attached hydrogens (primary N) is 1. The van der Waals surface area contributed by atoms with E-state index in [0.717, 1.165) is 41.9 Å². The van der Waals surface area contributed by atoms with Crippen molar-refractivity contribution >= 4 is 16.7 Å². The number of nitrogens with one attached hydrogen (secondary N) is 1. The topological polar surface area (TPSA) is 57.4 Å². The van der Waals surface area contributed by atoms with E-state index >= 15 is 0 Å². The number of hydrogen-bond donors (Lipinski definition) is 2. The first-order valence-corrected chi connectivity index (χ1v) is 7.41. The van der Waals surface area contributed by atoms with Gasteiger partial charge in [-0.15, -0.1) is 0 Å². The third kappa shape index (κ3) is 3.00. The number of likely N-dealkylation sites (tertiary alicyclic amines) is 1. The molecule has 0 bridgehead atoms. The molecule has 1 aliphatic rings. The molecule has 0 saturated carbocycles. The standard InChI is InChI=1S/C16H23N5/c1-20(2)14-7-8-21(11-14)10-13-9-12-5-3-4-6-15(12)18-16(13)19-17/h3-6,9,14H,7-8,10-11,17H2,1-2H3,(H,18,19). The van der Waals surface area contributed by atoms with Gasteiger partial charge in [-0.1, -0.05) is 18.2 Å². The van der Waals surface area contributed by atoms with Crippen molar-refractivity contribution in [1.29, 1.82) is 0 Å². The number of benzene rings is 1. The van der Waals surface area contributed by atoms with Crippen molar-refractivity contribution < 1.29 is 0 Å². The zero-order chi connectivity index (χ0) is 14.8. The Labute approximate surface area is 125 Å². The molecule has 0 radical (unpaired) electrons. The summed E-state index contributed by atoms with van der Waals surface area (Å²) < 4.78 is 0. The third-order valence-electron chi connectivity index (χ3n) is 4.31. The summed E-state index contributed by atoms with van der Waals surface area (Å²) in [4.78, 5) is 9.39. The Balaban J connectivity index is 1.83. The van der Waals surface area contributed by atoms with Gasteiger partial charge in [0.15, 0.2) is 0 Å². The fraction of sp³-hybridized carbons (Fsp3) is 0.438. The molecule has 1 aromatic carbocycles. The maximum absolute atomic E-state index is 5.65. The molecule has 1 atom stereocenters. The summed E-state index contributed by atoms with van der Waals surface area (Å²) in [6, 6.07) is 11.0. The SMILES string of the molecule is CN(C)C1CCN(Cc2cc3ccccc3nc2NN)C1. The van der Waals surface area contributed by atoms with E-state index in [2.05, 4.69) is 46.4 Å². The van der Waals surface area contributed by atoms with E-state index in [-0.39, 0.29) is 0 Å². The normalized spacial score (nSPS) is 19.5. The molecule has 3 rings (SSSR count). The number of pyridine rings is 1. The minimum atomic E-state index is 0.646. The summed E-state index contributed by atoms with van der Waals surface area (Å²) in [5.74, 6) is 6.43. The van der Waals surface area contributed by atoms with Gasteiger partial charge in [0.2, 0.25) is 0 Å². The highest BCUT2D eigenvalue weighted by molar-refractivity contribution is 5.81. The molecule has 5 heteroatoms. The van der Waals surface area contributed by atoms with E-state index in [1.54, 1.807) is 0 Å². The Bertz CT molecular complexity index is 625. The first kappa shape index (κ1) is 14.3. The first-order valence-electron chi connectivity index (χ1n) is 7.41. The quantitative estimate of drug-likeness (QED) is 0.661. The molecule has 0 aliphatic carbocycles. The number of nitrogen functional groups attached to an aromatic ring is 1. The van der Waals surface area contributed by atoms with E-state index in [4.69, 9.17) is 5.84 Å². The van der Waals surface area contributed by atoms with Crippen LogP contribution in [0, 0.1) is 0 Å². The number of para-hydroxylation sites is 1. The Morgan fingerprint density at radius 1 is 1.38 bits per heavy atom. The molecule has 3 N–H and O–H groups in total. The van der Waals surface area contributed by atoms with E-state index in [0.29, 0.717) is 6.04 Å². The lowest BCUT2D eigenvalue weighted by atomic mass is 10.1. The van der Waals surface area contributed by atoms with Gasteiger partial charge in [0, 0.05) is 36.6 Å². The average Bonchev–Trinajstić information content (AvgIpc) is 2.95. The van der Waals surface area contributed by atoms with Crippen LogP contribution in [0.3, 0.4) is 0 Å². The fourth-order valence-electron chi connectivity index (χ4n) is 3.02. The predicted octanol–water partition coefficient (Wildman–Crippen LogP) is 1.66. The predicted molar refractivity (Wildman–Crippen MR) is 86.9 cm³/mol. The summed E-state index contributed by atoms with van der Waals surface area (Å²) in [7, 11) is 4.30. The molecule has 21 heavy (non-hydrogen) atoms. The lowest BCUT2D eigenvalue weighted by molar-refractivity contribution is 0.265. The highest BCUT2D eigenvalue weighted by Gasteiger charge is 2.24. The highest BCUT2D eigenvalue weighted by Crippen LogP contribution is 2.23. The Morgan fingerprint density at radius 3 is 2.90 bits per heavy atom. The second-order valence-corrected chi connectivity index (χ2v) is 5.97. The largest absolute Gasteiger partial charge is 0.308 e. The third-order valence-corrected chi connectivity index (χ3v) is 4.31. The van der Waals surface area contributed by atoms with Gasteiger partial charge in [0.05, 0.1) is 5.52 Å². The number of rotatable bonds is 4. The molecule has 112 valence electrons. The van der Waals surface area contributed by atoms with Crippen LogP contribution in [0.4, 0.5) is 5.82 Å². The van der Waals surface area contributed by atoms with Gasteiger partial charge in [-0.25, -0.2) is 10.8 Å². The van der Waals surface area contributed by atoms with Crippen molar-refractivity contribution in [3.63, 3.8) is 0 Å². The molecule has 1 aromatic heterocycles. The number of fused-ring (bicyclic) bond motifs is 1. The summed E-state index contributed by atoms with van der Waals surface area (Å²) in [5.41, 5.74) is 4.88. The van der Waals surface area contributed by atoms with Crippen LogP contribution in [0.15, 0.2) is 30.3 Å². The summed E-state index contributed by atoms with van der Waals surface area (Å²) in [5, 5.41) is 1.16. The van der Waals surface area contributed by atoms with Crippen molar-refractivity contribution in [2.45, 2.75) is 19.0 Å². The van der Waals surface area contributed by atoms with Gasteiger partial charge >= 0.3 is 0 Å². The Kier molecular flexibility index (Phi) is 4.05. The molecule has 2 heterocycles. The fourth-order valence-corrected chi connectivity index (χ4v) is 3.02. The van der Waals surface area contributed by atoms with E-state index in [9.17, 15) is 0 Å². The van der Waals surface area contributed by atoms with E-state index < -0.39 is 0 Å². The molecule has 0 spiro atoms. The number of anilines is 1. The van der Waals surface area contributed by atoms with Gasteiger partial charge in [0.1, 0.15) is 5.82 Å². The lowest BCUT2D eigenvalue weighted by Crippen LogP contribution is -2.31. The van der Waals surface area contributed by atoms with Gasteiger partial charge in [-0.2, -0.15) is 0 Å². The Hall–Kier alpha value is -1.69. The highest BCUT2D eigenvalue weighted by atomic mass is 15.3. The number of hydrogen-bond acceptors (Lipinski definition) is 5. The van der Waals surface area contributed by atoms with Crippen LogP contribution in [0.1, 0.15) is 12.0 Å². The maximum atomic E-state index is 5.65. The van der Waals surface area contributed by atoms with Crippen LogP contribution in [-0.2, 0) is 6.54 Å². The second-order valence-electron chi connectivity index (χ2n) is 5.97. The summed E-state index contributed by atoms with van der Waals surface area (Å²) in [6.07, 6.45) is 1.22. The van der Waals surface area contributed by atoms with Crippen molar-refractivity contribution in [1.82, 2.24) is 14.8 Å². The molecule has 1 fully saturated rings. The number of nitrogens with zero attached hydrogens (tertiary/aromatic N) is 3. The van der Waals surface area contributed by atoms with E-state index in [1.807, 2.05) is 18.2 Å². The Morgan fingerprint density at radius 2 is 2.19 bits per heavy atom. The van der Waals surface area contributed by atoms with Crippen molar-refractivity contribution in [3.8, 4) is 0 Å². The zero-order valence-corrected chi connectivity index (χ0v) is 12.7. The van der Waals surface area contributed by atoms with Crippen LogP contribution >= 0.6 is 0 Å². The van der Waals surface area contributed by atoms with Crippen LogP contribution in [-0.4, -0.2) is 48.0 Å². The average molecular weight is 285 g/mol. The van der Waals surface area contributed by atoms with Crippen molar-refractivity contribution in [2.24, 2.45) is 5.84 Å². The van der Waals surface area contributed by atoms with E-state index in [1.165, 1.54) is 6.42 Å². The molecule has 5 nitrogen and oxygen atoms in total. The van der Waals surface area contributed by atoms with Crippen LogP contribution in [0.25, 0.3) is 10.9 Å². The molecular formula is C16H23N5. The number of hydrazine groups is 1. The second kappa shape index (κ2) is 5.97. The van der Waals surface area contributed by atoms with Crippen LogP contribution in [0.5, 0.6) is 0 Å².